The van der Waals surface area contributed by atoms with Crippen LogP contribution in [0.25, 0.3) is 10.9 Å². The molecule has 1 amide bonds. The lowest BCUT2D eigenvalue weighted by Gasteiger charge is -2.15. The molecule has 3 rings (SSSR count). The Hall–Kier alpha value is -2.73. The van der Waals surface area contributed by atoms with Crippen molar-refractivity contribution in [1.29, 1.82) is 0 Å². The molecule has 0 aliphatic rings. The van der Waals surface area contributed by atoms with E-state index < -0.39 is 0 Å². The molecule has 0 bridgehead atoms. The lowest BCUT2D eigenvalue weighted by molar-refractivity contribution is -0.144. The fourth-order valence-electron chi connectivity index (χ4n) is 4.31. The summed E-state index contributed by atoms with van der Waals surface area (Å²) >= 11 is 1.58. The first kappa shape index (κ1) is 26.9. The van der Waals surface area contributed by atoms with Crippen LogP contribution in [-0.4, -0.2) is 29.2 Å². The Bertz CT molecular complexity index is 1120. The minimum Gasteiger partial charge on any atom is -0.465 e. The van der Waals surface area contributed by atoms with Crippen LogP contribution in [0.15, 0.2) is 47.5 Å². The van der Waals surface area contributed by atoms with Gasteiger partial charge in [-0.1, -0.05) is 51.7 Å². The number of H-pyrrole nitrogens is 1. The van der Waals surface area contributed by atoms with E-state index in [1.807, 2.05) is 44.2 Å². The number of amides is 1. The molecular weight excluding hydrogens is 456 g/mol. The number of aromatic amines is 1. The van der Waals surface area contributed by atoms with E-state index in [0.29, 0.717) is 30.3 Å². The van der Waals surface area contributed by atoms with Gasteiger partial charge in [0.1, 0.15) is 0 Å². The zero-order valence-corrected chi connectivity index (χ0v) is 22.2. The molecule has 5 nitrogen and oxygen atoms in total. The monoisotopic (exact) mass is 494 g/mol. The molecule has 188 valence electrons. The average Bonchev–Trinajstić information content (AvgIpc) is 3.26. The number of aromatic nitrogens is 1. The maximum Gasteiger partial charge on any atom is 0.306 e. The van der Waals surface area contributed by atoms with E-state index in [1.54, 1.807) is 18.0 Å². The van der Waals surface area contributed by atoms with Gasteiger partial charge in [0, 0.05) is 33.4 Å². The van der Waals surface area contributed by atoms with E-state index in [4.69, 9.17) is 4.74 Å². The quantitative estimate of drug-likeness (QED) is 0.145. The van der Waals surface area contributed by atoms with Gasteiger partial charge in [0.15, 0.2) is 0 Å². The minimum atomic E-state index is -0.152. The number of aryl methyl sites for hydroxylation is 2. The predicted molar refractivity (Wildman–Crippen MR) is 146 cm³/mol. The first-order valence-corrected chi connectivity index (χ1v) is 13.7. The highest BCUT2D eigenvalue weighted by Gasteiger charge is 2.17. The maximum atomic E-state index is 13.1. The van der Waals surface area contributed by atoms with E-state index in [9.17, 15) is 9.59 Å². The van der Waals surface area contributed by atoms with Gasteiger partial charge < -0.3 is 15.0 Å². The lowest BCUT2D eigenvalue weighted by Crippen LogP contribution is -2.14. The fourth-order valence-corrected chi connectivity index (χ4v) is 5.34. The summed E-state index contributed by atoms with van der Waals surface area (Å²) in [6.45, 7) is 8.91. The molecule has 1 unspecified atom stereocenters. The highest BCUT2D eigenvalue weighted by molar-refractivity contribution is 7.99. The van der Waals surface area contributed by atoms with Gasteiger partial charge in [-0.25, -0.2) is 0 Å². The van der Waals surface area contributed by atoms with Gasteiger partial charge in [-0.3, -0.25) is 9.59 Å². The number of esters is 1. The molecule has 0 radical (unpaired) electrons. The summed E-state index contributed by atoms with van der Waals surface area (Å²) in [4.78, 5) is 29.6. The highest BCUT2D eigenvalue weighted by atomic mass is 32.2. The minimum absolute atomic E-state index is 0.151. The summed E-state index contributed by atoms with van der Waals surface area (Å²) in [5, 5.41) is 3.91. The van der Waals surface area contributed by atoms with Crippen LogP contribution in [0.5, 0.6) is 0 Å². The number of fused-ring (bicyclic) bond motifs is 1. The Morgan fingerprint density at radius 2 is 1.86 bits per heavy atom. The second kappa shape index (κ2) is 13.4. The number of nitrogens with one attached hydrogen (secondary N) is 2. The number of hydrogen-bond donors (Lipinski definition) is 2. The number of ether oxygens (including phenoxy) is 1. The summed E-state index contributed by atoms with van der Waals surface area (Å²) in [6, 6.07) is 11.9. The molecule has 2 aromatic carbocycles. The Morgan fingerprint density at radius 1 is 1.09 bits per heavy atom. The van der Waals surface area contributed by atoms with Gasteiger partial charge in [-0.05, 0) is 61.6 Å². The maximum absolute atomic E-state index is 13.1. The molecule has 1 aromatic heterocycles. The van der Waals surface area contributed by atoms with Crippen molar-refractivity contribution in [2.75, 3.05) is 17.7 Å². The number of rotatable bonds is 13. The van der Waals surface area contributed by atoms with Crippen LogP contribution in [0.3, 0.4) is 0 Å². The van der Waals surface area contributed by atoms with Crippen LogP contribution >= 0.6 is 11.8 Å². The molecule has 1 heterocycles. The largest absolute Gasteiger partial charge is 0.465 e. The predicted octanol–water partition coefficient (Wildman–Crippen LogP) is 7.67. The highest BCUT2D eigenvalue weighted by Crippen LogP contribution is 2.31. The topological polar surface area (TPSA) is 71.2 Å². The van der Waals surface area contributed by atoms with Crippen molar-refractivity contribution in [3.63, 3.8) is 0 Å². The lowest BCUT2D eigenvalue weighted by atomic mass is 10.00. The van der Waals surface area contributed by atoms with Crippen LogP contribution in [0.1, 0.15) is 73.9 Å². The van der Waals surface area contributed by atoms with Crippen molar-refractivity contribution in [2.24, 2.45) is 5.92 Å². The molecule has 2 N–H and O–H groups in total. The van der Waals surface area contributed by atoms with E-state index in [1.165, 1.54) is 19.3 Å². The van der Waals surface area contributed by atoms with E-state index in [0.717, 1.165) is 45.5 Å². The average molecular weight is 495 g/mol. The van der Waals surface area contributed by atoms with Gasteiger partial charge >= 0.3 is 5.97 Å². The summed E-state index contributed by atoms with van der Waals surface area (Å²) in [5.41, 5.74) is 4.50. The molecule has 1 atom stereocenters. The van der Waals surface area contributed by atoms with Crippen molar-refractivity contribution in [2.45, 2.75) is 71.1 Å². The normalized spacial score (nSPS) is 12.0. The van der Waals surface area contributed by atoms with Crippen molar-refractivity contribution < 1.29 is 14.3 Å². The zero-order valence-electron chi connectivity index (χ0n) is 21.4. The molecule has 0 spiro atoms. The molecule has 6 heteroatoms. The van der Waals surface area contributed by atoms with Gasteiger partial charge in [-0.2, -0.15) is 0 Å². The standard InChI is InChI=1S/C29H38N2O3S/c1-5-7-8-10-22(6-2)19-34-27(32)13-14-35-26-12-9-11-25-28(26)24(18-30-25)29(33)31-23-16-20(3)15-21(4)17-23/h9,11-12,15-18,22,30H,5-8,10,13-14,19H2,1-4H3,(H,31,33). The number of benzene rings is 2. The zero-order chi connectivity index (χ0) is 25.2. The van der Waals surface area contributed by atoms with Gasteiger partial charge in [0.2, 0.25) is 0 Å². The number of anilines is 1. The van der Waals surface area contributed by atoms with Gasteiger partial charge in [-0.15, -0.1) is 11.8 Å². The number of hydrogen-bond acceptors (Lipinski definition) is 4. The molecule has 0 aliphatic carbocycles. The van der Waals surface area contributed by atoms with Crippen LogP contribution in [0.4, 0.5) is 5.69 Å². The molecule has 0 saturated carbocycles. The van der Waals surface area contributed by atoms with Crippen LogP contribution in [-0.2, 0) is 9.53 Å². The summed E-state index contributed by atoms with van der Waals surface area (Å²) < 4.78 is 5.56. The molecule has 0 aliphatic heterocycles. The fraction of sp³-hybridized carbons (Fsp3) is 0.448. The van der Waals surface area contributed by atoms with Crippen LogP contribution in [0.2, 0.25) is 0 Å². The smallest absolute Gasteiger partial charge is 0.306 e. The van der Waals surface area contributed by atoms with Gasteiger partial charge in [0.25, 0.3) is 5.91 Å². The molecular formula is C29H38N2O3S. The first-order chi connectivity index (χ1) is 16.9. The third-order valence-corrected chi connectivity index (χ3v) is 7.29. The third-order valence-electron chi connectivity index (χ3n) is 6.23. The first-order valence-electron chi connectivity index (χ1n) is 12.7. The number of carbonyl (C=O) groups is 2. The Balaban J connectivity index is 1.59. The Kier molecular flexibility index (Phi) is 10.3. The Morgan fingerprint density at radius 3 is 2.57 bits per heavy atom. The number of unbranched alkanes of at least 4 members (excludes halogenated alkanes) is 2. The van der Waals surface area contributed by atoms with Crippen molar-refractivity contribution in [3.05, 3.63) is 59.3 Å². The van der Waals surface area contributed by atoms with E-state index in [2.05, 4.69) is 30.2 Å². The van der Waals surface area contributed by atoms with Crippen LogP contribution in [0, 0.1) is 19.8 Å². The second-order valence-corrected chi connectivity index (χ2v) is 10.4. The third kappa shape index (κ3) is 7.89. The SMILES string of the molecule is CCCCCC(CC)COC(=O)CCSc1cccc2[nH]cc(C(=O)Nc3cc(C)cc(C)c3)c12. The van der Waals surface area contributed by atoms with Crippen molar-refractivity contribution >= 4 is 40.2 Å². The number of thioether (sulfide) groups is 1. The summed E-state index contributed by atoms with van der Waals surface area (Å²) in [6.07, 6.45) is 7.89. The molecule has 35 heavy (non-hydrogen) atoms. The molecule has 0 fully saturated rings. The van der Waals surface area contributed by atoms with Gasteiger partial charge in [0.05, 0.1) is 18.6 Å². The van der Waals surface area contributed by atoms with Crippen molar-refractivity contribution in [1.82, 2.24) is 4.98 Å². The van der Waals surface area contributed by atoms with Crippen molar-refractivity contribution in [3.8, 4) is 0 Å². The summed E-state index contributed by atoms with van der Waals surface area (Å²) in [7, 11) is 0. The molecule has 0 saturated heterocycles. The number of carbonyl (C=O) groups excluding carboxylic acids is 2. The van der Waals surface area contributed by atoms with Crippen LogP contribution < -0.4 is 5.32 Å². The molecule has 3 aromatic rings. The van der Waals surface area contributed by atoms with E-state index in [-0.39, 0.29) is 11.9 Å². The summed E-state index contributed by atoms with van der Waals surface area (Å²) in [5.74, 6) is 0.751. The second-order valence-electron chi connectivity index (χ2n) is 9.26. The van der Waals surface area contributed by atoms with E-state index >= 15 is 0 Å². The Labute approximate surface area is 213 Å².